The van der Waals surface area contributed by atoms with Gasteiger partial charge in [0.25, 0.3) is 0 Å². The van der Waals surface area contributed by atoms with Crippen LogP contribution in [0.25, 0.3) is 0 Å². The molecule has 1 unspecified atom stereocenters. The second-order valence-electron chi connectivity index (χ2n) is 5.21. The molecule has 0 amide bonds. The van der Waals surface area contributed by atoms with Crippen molar-refractivity contribution >= 4 is 0 Å². The summed E-state index contributed by atoms with van der Waals surface area (Å²) in [6, 6.07) is 0.722. The molecule has 90 valence electrons. The maximum Gasteiger partial charge on any atom is 0.0591 e. The molecule has 2 heteroatoms. The van der Waals surface area contributed by atoms with Crippen LogP contribution in [-0.4, -0.2) is 25.8 Å². The van der Waals surface area contributed by atoms with Gasteiger partial charge >= 0.3 is 0 Å². The number of ether oxygens (including phenoxy) is 1. The van der Waals surface area contributed by atoms with Crippen molar-refractivity contribution in [3.63, 3.8) is 0 Å². The molecule has 0 aliphatic heterocycles. The summed E-state index contributed by atoms with van der Waals surface area (Å²) in [5.41, 5.74) is 0. The normalized spacial score (nSPS) is 18.4. The van der Waals surface area contributed by atoms with Crippen molar-refractivity contribution in [3.05, 3.63) is 0 Å². The van der Waals surface area contributed by atoms with Crippen molar-refractivity contribution in [2.75, 3.05) is 19.8 Å². The van der Waals surface area contributed by atoms with Crippen LogP contribution in [0.15, 0.2) is 0 Å². The van der Waals surface area contributed by atoms with E-state index in [0.29, 0.717) is 5.92 Å². The van der Waals surface area contributed by atoms with Crippen LogP contribution in [0, 0.1) is 11.8 Å². The zero-order valence-corrected chi connectivity index (χ0v) is 10.6. The number of rotatable bonds is 9. The van der Waals surface area contributed by atoms with Crippen LogP contribution in [0.3, 0.4) is 0 Å². The van der Waals surface area contributed by atoms with Crippen molar-refractivity contribution in [3.8, 4) is 0 Å². The van der Waals surface area contributed by atoms with E-state index in [1.54, 1.807) is 0 Å². The fraction of sp³-hybridized carbons (Fsp3) is 1.00. The number of hydrogen-bond donors (Lipinski definition) is 1. The van der Waals surface area contributed by atoms with E-state index in [2.05, 4.69) is 26.1 Å². The van der Waals surface area contributed by atoms with Gasteiger partial charge in [-0.05, 0) is 24.7 Å². The Morgan fingerprint density at radius 2 is 2.07 bits per heavy atom. The summed E-state index contributed by atoms with van der Waals surface area (Å²) in [4.78, 5) is 0. The third kappa shape index (κ3) is 6.91. The van der Waals surface area contributed by atoms with Crippen LogP contribution in [0.4, 0.5) is 0 Å². The highest BCUT2D eigenvalue weighted by atomic mass is 16.5. The van der Waals surface area contributed by atoms with E-state index in [-0.39, 0.29) is 0 Å². The zero-order chi connectivity index (χ0) is 11.1. The van der Waals surface area contributed by atoms with Crippen LogP contribution in [-0.2, 0) is 4.74 Å². The van der Waals surface area contributed by atoms with Crippen LogP contribution >= 0.6 is 0 Å². The molecule has 0 bridgehead atoms. The van der Waals surface area contributed by atoms with Gasteiger partial charge in [-0.3, -0.25) is 0 Å². The summed E-state index contributed by atoms with van der Waals surface area (Å²) >= 11 is 0. The van der Waals surface area contributed by atoms with Gasteiger partial charge in [-0.2, -0.15) is 0 Å². The van der Waals surface area contributed by atoms with Crippen molar-refractivity contribution in [2.45, 2.75) is 52.5 Å². The van der Waals surface area contributed by atoms with Crippen LogP contribution in [0.5, 0.6) is 0 Å². The van der Waals surface area contributed by atoms with Gasteiger partial charge < -0.3 is 10.1 Å². The van der Waals surface area contributed by atoms with Gasteiger partial charge in [-0.25, -0.2) is 0 Å². The largest absolute Gasteiger partial charge is 0.380 e. The molecule has 0 aromatic carbocycles. The van der Waals surface area contributed by atoms with E-state index in [1.807, 2.05) is 0 Å². The number of nitrogens with one attached hydrogen (secondary N) is 1. The molecule has 2 nitrogen and oxygen atoms in total. The van der Waals surface area contributed by atoms with Crippen molar-refractivity contribution in [1.29, 1.82) is 0 Å². The van der Waals surface area contributed by atoms with E-state index in [0.717, 1.165) is 31.7 Å². The van der Waals surface area contributed by atoms with Crippen LogP contribution in [0.2, 0.25) is 0 Å². The van der Waals surface area contributed by atoms with E-state index in [1.165, 1.54) is 25.7 Å². The zero-order valence-electron chi connectivity index (χ0n) is 10.6. The molecule has 0 spiro atoms. The summed E-state index contributed by atoms with van der Waals surface area (Å²) in [5.74, 6) is 1.68. The molecule has 1 fully saturated rings. The van der Waals surface area contributed by atoms with E-state index < -0.39 is 0 Å². The topological polar surface area (TPSA) is 21.3 Å². The van der Waals surface area contributed by atoms with E-state index in [4.69, 9.17) is 4.74 Å². The Hall–Kier alpha value is -0.0800. The Morgan fingerprint density at radius 1 is 1.33 bits per heavy atom. The highest BCUT2D eigenvalue weighted by Gasteiger charge is 2.24. The SMILES string of the molecule is CCC(CC1CC1)NCCOCC(C)C. The Labute approximate surface area is 94.8 Å². The Morgan fingerprint density at radius 3 is 2.60 bits per heavy atom. The summed E-state index contributed by atoms with van der Waals surface area (Å²) in [7, 11) is 0. The molecule has 0 aromatic heterocycles. The molecule has 15 heavy (non-hydrogen) atoms. The lowest BCUT2D eigenvalue weighted by Gasteiger charge is -2.16. The van der Waals surface area contributed by atoms with Crippen LogP contribution < -0.4 is 5.32 Å². The minimum absolute atomic E-state index is 0.651. The first-order chi connectivity index (χ1) is 7.22. The van der Waals surface area contributed by atoms with Crippen molar-refractivity contribution < 1.29 is 4.74 Å². The van der Waals surface area contributed by atoms with E-state index >= 15 is 0 Å². The van der Waals surface area contributed by atoms with Crippen LogP contribution in [0.1, 0.15) is 46.5 Å². The van der Waals surface area contributed by atoms with Crippen molar-refractivity contribution in [1.82, 2.24) is 5.32 Å². The lowest BCUT2D eigenvalue weighted by Crippen LogP contribution is -2.32. The Balaban J connectivity index is 1.91. The van der Waals surface area contributed by atoms with Gasteiger partial charge in [0.05, 0.1) is 6.61 Å². The van der Waals surface area contributed by atoms with Crippen molar-refractivity contribution in [2.24, 2.45) is 11.8 Å². The smallest absolute Gasteiger partial charge is 0.0591 e. The molecule has 1 rings (SSSR count). The third-order valence-corrected chi connectivity index (χ3v) is 2.94. The summed E-state index contributed by atoms with van der Waals surface area (Å²) < 4.78 is 5.55. The molecule has 1 atom stereocenters. The summed E-state index contributed by atoms with van der Waals surface area (Å²) in [6.07, 6.45) is 5.55. The minimum Gasteiger partial charge on any atom is -0.380 e. The Bertz CT molecular complexity index is 155. The first-order valence-electron chi connectivity index (χ1n) is 6.53. The highest BCUT2D eigenvalue weighted by molar-refractivity contribution is 4.79. The predicted octanol–water partition coefficient (Wildman–Crippen LogP) is 2.83. The molecule has 1 saturated carbocycles. The minimum atomic E-state index is 0.651. The predicted molar refractivity (Wildman–Crippen MR) is 65.1 cm³/mol. The van der Waals surface area contributed by atoms with Gasteiger partial charge in [0.1, 0.15) is 0 Å². The molecule has 0 heterocycles. The first kappa shape index (κ1) is 13.0. The molecular weight excluding hydrogens is 186 g/mol. The Kier molecular flexibility index (Phi) is 6.26. The average Bonchev–Trinajstić information content (AvgIpc) is 2.99. The second-order valence-corrected chi connectivity index (χ2v) is 5.21. The molecule has 0 aromatic rings. The molecular formula is C13H27NO. The summed E-state index contributed by atoms with van der Waals surface area (Å²) in [5, 5.41) is 3.59. The van der Waals surface area contributed by atoms with E-state index in [9.17, 15) is 0 Å². The molecule has 0 radical (unpaired) electrons. The molecule has 0 saturated heterocycles. The standard InChI is InChI=1S/C13H27NO/c1-4-13(9-12-5-6-12)14-7-8-15-10-11(2)3/h11-14H,4-10H2,1-3H3. The maximum absolute atomic E-state index is 5.55. The van der Waals surface area contributed by atoms with Gasteiger partial charge in [0.2, 0.25) is 0 Å². The molecule has 1 N–H and O–H groups in total. The maximum atomic E-state index is 5.55. The van der Waals surface area contributed by atoms with Gasteiger partial charge in [-0.1, -0.05) is 33.6 Å². The monoisotopic (exact) mass is 213 g/mol. The quantitative estimate of drug-likeness (QED) is 0.595. The van der Waals surface area contributed by atoms with Gasteiger partial charge in [-0.15, -0.1) is 0 Å². The lowest BCUT2D eigenvalue weighted by molar-refractivity contribution is 0.109. The van der Waals surface area contributed by atoms with Gasteiger partial charge in [0, 0.05) is 19.2 Å². The fourth-order valence-corrected chi connectivity index (χ4v) is 1.80. The van der Waals surface area contributed by atoms with Gasteiger partial charge in [0.15, 0.2) is 0 Å². The second kappa shape index (κ2) is 7.24. The summed E-state index contributed by atoms with van der Waals surface area (Å²) in [6.45, 7) is 9.41. The third-order valence-electron chi connectivity index (χ3n) is 2.94. The molecule has 1 aliphatic carbocycles. The molecule has 1 aliphatic rings. The lowest BCUT2D eigenvalue weighted by atomic mass is 10.1. The fourth-order valence-electron chi connectivity index (χ4n) is 1.80. The average molecular weight is 213 g/mol. The first-order valence-corrected chi connectivity index (χ1v) is 6.53. The number of hydrogen-bond acceptors (Lipinski definition) is 2. The highest BCUT2D eigenvalue weighted by Crippen LogP contribution is 2.33.